The average molecular weight is 324 g/mol. The molecule has 1 atom stereocenters. The molecule has 0 saturated heterocycles. The fraction of sp³-hybridized carbons (Fsp3) is 0.333. The van der Waals surface area contributed by atoms with Gasteiger partial charge in [0.15, 0.2) is 6.10 Å². The number of hydrogen-bond donors (Lipinski definition) is 2. The van der Waals surface area contributed by atoms with Crippen molar-refractivity contribution in [3.8, 4) is 0 Å². The lowest BCUT2D eigenvalue weighted by Gasteiger charge is -2.13. The zero-order valence-corrected chi connectivity index (χ0v) is 13.0. The summed E-state index contributed by atoms with van der Waals surface area (Å²) in [7, 11) is 1.62. The number of carbonyl (C=O) groups is 1. The molecule has 6 nitrogen and oxygen atoms in total. The summed E-state index contributed by atoms with van der Waals surface area (Å²) in [4.78, 5) is 16.1. The Morgan fingerprint density at radius 1 is 1.50 bits per heavy atom. The maximum atomic E-state index is 12.0. The van der Waals surface area contributed by atoms with E-state index in [0.717, 1.165) is 5.69 Å². The molecule has 2 aromatic rings. The first-order chi connectivity index (χ1) is 10.6. The largest absolute Gasteiger partial charge is 0.383 e. The Hall–Kier alpha value is -1.89. The minimum atomic E-state index is -1.30. The molecular weight excluding hydrogens is 306 g/mol. The Bertz CT molecular complexity index is 630. The number of aliphatic hydroxyl groups is 1. The van der Waals surface area contributed by atoms with Crippen LogP contribution in [0.2, 0.25) is 5.02 Å². The summed E-state index contributed by atoms with van der Waals surface area (Å²) in [5.41, 5.74) is 1.21. The van der Waals surface area contributed by atoms with E-state index in [1.54, 1.807) is 43.9 Å². The van der Waals surface area contributed by atoms with Gasteiger partial charge in [0.05, 0.1) is 25.2 Å². The number of nitrogens with one attached hydrogen (secondary N) is 1. The molecular formula is C15H18ClN3O3. The molecule has 0 saturated carbocycles. The number of aliphatic hydroxyl groups excluding tert-OH is 1. The van der Waals surface area contributed by atoms with Crippen molar-refractivity contribution < 1.29 is 14.6 Å². The lowest BCUT2D eigenvalue weighted by Crippen LogP contribution is -2.30. The molecule has 0 radical (unpaired) electrons. The van der Waals surface area contributed by atoms with Crippen molar-refractivity contribution in [2.45, 2.75) is 19.2 Å². The number of aromatic nitrogens is 2. The van der Waals surface area contributed by atoms with Gasteiger partial charge in [0, 0.05) is 30.4 Å². The van der Waals surface area contributed by atoms with Crippen molar-refractivity contribution in [3.05, 3.63) is 53.1 Å². The van der Waals surface area contributed by atoms with E-state index in [1.807, 2.05) is 4.57 Å². The number of methoxy groups -OCH3 is 1. The highest BCUT2D eigenvalue weighted by Crippen LogP contribution is 2.22. The number of hydrogen-bond acceptors (Lipinski definition) is 4. The summed E-state index contributed by atoms with van der Waals surface area (Å²) in [5, 5.41) is 13.1. The smallest absolute Gasteiger partial charge is 0.253 e. The van der Waals surface area contributed by atoms with Gasteiger partial charge in [-0.05, 0) is 6.07 Å². The highest BCUT2D eigenvalue weighted by molar-refractivity contribution is 6.31. The maximum Gasteiger partial charge on any atom is 0.253 e. The zero-order valence-electron chi connectivity index (χ0n) is 12.2. The molecule has 0 spiro atoms. The first-order valence-electron chi connectivity index (χ1n) is 6.81. The number of carbonyl (C=O) groups excluding carboxylic acids is 1. The Labute approximate surface area is 133 Å². The number of amides is 1. The Kier molecular flexibility index (Phi) is 5.94. The Morgan fingerprint density at radius 3 is 3.00 bits per heavy atom. The lowest BCUT2D eigenvalue weighted by atomic mass is 10.1. The molecule has 7 heteroatoms. The quantitative estimate of drug-likeness (QED) is 0.810. The van der Waals surface area contributed by atoms with E-state index in [-0.39, 0.29) is 6.54 Å². The van der Waals surface area contributed by atoms with Crippen LogP contribution in [0.25, 0.3) is 0 Å². The van der Waals surface area contributed by atoms with Crippen LogP contribution in [0, 0.1) is 0 Å². The fourth-order valence-corrected chi connectivity index (χ4v) is 2.24. The van der Waals surface area contributed by atoms with E-state index >= 15 is 0 Å². The molecule has 1 aromatic carbocycles. The number of halogens is 1. The molecule has 22 heavy (non-hydrogen) atoms. The third kappa shape index (κ3) is 4.07. The maximum absolute atomic E-state index is 12.0. The molecule has 1 aromatic heterocycles. The van der Waals surface area contributed by atoms with Gasteiger partial charge in [-0.25, -0.2) is 4.98 Å². The fourth-order valence-electron chi connectivity index (χ4n) is 2.00. The lowest BCUT2D eigenvalue weighted by molar-refractivity contribution is -0.129. The van der Waals surface area contributed by atoms with Crippen molar-refractivity contribution in [3.63, 3.8) is 0 Å². The highest BCUT2D eigenvalue weighted by atomic mass is 35.5. The van der Waals surface area contributed by atoms with Gasteiger partial charge in [0.25, 0.3) is 5.91 Å². The van der Waals surface area contributed by atoms with Crippen molar-refractivity contribution >= 4 is 17.5 Å². The van der Waals surface area contributed by atoms with Gasteiger partial charge < -0.3 is 19.7 Å². The summed E-state index contributed by atoms with van der Waals surface area (Å²) in [6.45, 7) is 1.47. The van der Waals surface area contributed by atoms with Crippen LogP contribution in [0.5, 0.6) is 0 Å². The van der Waals surface area contributed by atoms with Crippen LogP contribution >= 0.6 is 11.6 Å². The van der Waals surface area contributed by atoms with Gasteiger partial charge >= 0.3 is 0 Å². The summed E-state index contributed by atoms with van der Waals surface area (Å²) < 4.78 is 6.89. The number of rotatable bonds is 7. The number of imidazole rings is 1. The van der Waals surface area contributed by atoms with Crippen molar-refractivity contribution in [1.29, 1.82) is 0 Å². The van der Waals surface area contributed by atoms with E-state index in [1.165, 1.54) is 0 Å². The van der Waals surface area contributed by atoms with E-state index in [9.17, 15) is 9.90 Å². The molecule has 0 aliphatic rings. The van der Waals surface area contributed by atoms with Crippen LogP contribution < -0.4 is 5.32 Å². The third-order valence-electron chi connectivity index (χ3n) is 3.23. The number of ether oxygens (including phenoxy) is 1. The normalized spacial score (nSPS) is 12.1. The van der Waals surface area contributed by atoms with E-state index in [2.05, 4.69) is 10.3 Å². The van der Waals surface area contributed by atoms with Crippen molar-refractivity contribution in [2.75, 3.05) is 13.7 Å². The molecule has 118 valence electrons. The molecule has 2 N–H and O–H groups in total. The van der Waals surface area contributed by atoms with E-state index in [0.29, 0.717) is 23.7 Å². The molecule has 0 fully saturated rings. The second-order valence-corrected chi connectivity index (χ2v) is 5.12. The van der Waals surface area contributed by atoms with Crippen LogP contribution in [0.4, 0.5) is 0 Å². The monoisotopic (exact) mass is 323 g/mol. The molecule has 0 bridgehead atoms. The van der Waals surface area contributed by atoms with Crippen LogP contribution in [0.15, 0.2) is 36.8 Å². The minimum absolute atomic E-state index is 0.268. The number of benzene rings is 1. The van der Waals surface area contributed by atoms with Crippen LogP contribution in [-0.4, -0.2) is 34.3 Å². The Balaban J connectivity index is 1.95. The summed E-state index contributed by atoms with van der Waals surface area (Å²) in [5.74, 6) is -0.507. The molecule has 1 heterocycles. The third-order valence-corrected chi connectivity index (χ3v) is 3.57. The summed E-state index contributed by atoms with van der Waals surface area (Å²) >= 11 is 5.98. The second-order valence-electron chi connectivity index (χ2n) is 4.71. The minimum Gasteiger partial charge on any atom is -0.383 e. The van der Waals surface area contributed by atoms with Gasteiger partial charge in [0.2, 0.25) is 0 Å². The second kappa shape index (κ2) is 7.93. The predicted molar refractivity (Wildman–Crippen MR) is 82.4 cm³/mol. The first-order valence-corrected chi connectivity index (χ1v) is 7.19. The van der Waals surface area contributed by atoms with Gasteiger partial charge in [-0.15, -0.1) is 0 Å². The van der Waals surface area contributed by atoms with Crippen molar-refractivity contribution in [1.82, 2.24) is 14.9 Å². The average Bonchev–Trinajstić information content (AvgIpc) is 2.97. The van der Waals surface area contributed by atoms with Crippen LogP contribution in [-0.2, 0) is 22.6 Å². The van der Waals surface area contributed by atoms with Gasteiger partial charge in [0.1, 0.15) is 0 Å². The molecule has 0 aliphatic carbocycles. The zero-order chi connectivity index (χ0) is 15.9. The van der Waals surface area contributed by atoms with Crippen LogP contribution in [0.1, 0.15) is 17.4 Å². The molecule has 1 amide bonds. The van der Waals surface area contributed by atoms with Crippen LogP contribution in [0.3, 0.4) is 0 Å². The summed E-state index contributed by atoms with van der Waals surface area (Å²) in [6.07, 6.45) is 2.03. The van der Waals surface area contributed by atoms with Gasteiger partial charge in [-0.2, -0.15) is 0 Å². The standard InChI is InChI=1S/C15H18ClN3O3/c1-22-7-6-19-10-17-8-11(19)9-18-15(21)14(20)12-4-2-3-5-13(12)16/h2-5,8,10,14,20H,6-7,9H2,1H3,(H,18,21)/t14-/m0/s1. The predicted octanol–water partition coefficient (Wildman–Crippen LogP) is 1.53. The Morgan fingerprint density at radius 2 is 2.27 bits per heavy atom. The highest BCUT2D eigenvalue weighted by Gasteiger charge is 2.19. The summed E-state index contributed by atoms with van der Waals surface area (Å²) in [6, 6.07) is 6.71. The topological polar surface area (TPSA) is 76.4 Å². The number of nitrogens with zero attached hydrogens (tertiary/aromatic N) is 2. The van der Waals surface area contributed by atoms with Gasteiger partial charge in [-0.3, -0.25) is 4.79 Å². The molecule has 0 aliphatic heterocycles. The van der Waals surface area contributed by atoms with E-state index in [4.69, 9.17) is 16.3 Å². The van der Waals surface area contributed by atoms with Gasteiger partial charge in [-0.1, -0.05) is 29.8 Å². The molecule has 2 rings (SSSR count). The van der Waals surface area contributed by atoms with E-state index < -0.39 is 12.0 Å². The SMILES string of the molecule is COCCn1cncc1CNC(=O)[C@@H](O)c1ccccc1Cl. The molecule has 0 unspecified atom stereocenters. The first kappa shape index (κ1) is 16.5. The van der Waals surface area contributed by atoms with Crippen molar-refractivity contribution in [2.24, 2.45) is 0 Å².